The largest absolute Gasteiger partial charge is 0.456 e. The number of anilines is 3. The number of rotatable bonds is 7. The lowest BCUT2D eigenvalue weighted by atomic mass is 9.97. The van der Waals surface area contributed by atoms with E-state index >= 15 is 0 Å². The van der Waals surface area contributed by atoms with Crippen molar-refractivity contribution in [1.29, 1.82) is 0 Å². The Morgan fingerprint density at radius 1 is 0.259 bits per heavy atom. The van der Waals surface area contributed by atoms with E-state index in [9.17, 15) is 0 Å². The fourth-order valence-electron chi connectivity index (χ4n) is 7.66. The van der Waals surface area contributed by atoms with Crippen LogP contribution in [-0.2, 0) is 0 Å². The fourth-order valence-corrected chi connectivity index (χ4v) is 7.66. The normalized spacial score (nSPS) is 11.3. The van der Waals surface area contributed by atoms with Crippen LogP contribution in [0.2, 0.25) is 0 Å². The Morgan fingerprint density at radius 2 is 0.759 bits per heavy atom. The summed E-state index contributed by atoms with van der Waals surface area (Å²) >= 11 is 0. The molecule has 10 aromatic rings. The maximum Gasteiger partial charge on any atom is 0.136 e. The highest BCUT2D eigenvalue weighted by Gasteiger charge is 2.15. The van der Waals surface area contributed by atoms with Crippen molar-refractivity contribution in [1.82, 2.24) is 0 Å². The highest BCUT2D eigenvalue weighted by molar-refractivity contribution is 6.06. The van der Waals surface area contributed by atoms with Crippen LogP contribution in [0.3, 0.4) is 0 Å². The molecule has 254 valence electrons. The molecule has 1 aromatic heterocycles. The van der Waals surface area contributed by atoms with Crippen LogP contribution in [0.15, 0.2) is 217 Å². The van der Waals surface area contributed by atoms with Gasteiger partial charge in [0.05, 0.1) is 0 Å². The third-order valence-corrected chi connectivity index (χ3v) is 10.5. The lowest BCUT2D eigenvalue weighted by Crippen LogP contribution is -2.10. The van der Waals surface area contributed by atoms with E-state index in [2.05, 4.69) is 205 Å². The number of nitrogens with zero attached hydrogens (tertiary/aromatic N) is 1. The topological polar surface area (TPSA) is 16.4 Å². The average molecular weight is 690 g/mol. The number of furan rings is 1. The Kier molecular flexibility index (Phi) is 7.85. The standard InChI is InChI=1S/C52H35NO/c1-2-10-36(11-3-1)43-16-9-17-48(34-43)53(47-29-24-39(25-30-47)45-26-31-50-49-18-6-7-19-51(49)54-52(50)35-45)46-27-22-38(23-28-46)41-14-8-15-42(32-41)44-21-20-37-12-4-5-13-40(37)33-44/h1-35H. The van der Waals surface area contributed by atoms with Crippen molar-refractivity contribution in [3.05, 3.63) is 212 Å². The van der Waals surface area contributed by atoms with E-state index < -0.39 is 0 Å². The molecule has 54 heavy (non-hydrogen) atoms. The monoisotopic (exact) mass is 689 g/mol. The number of hydrogen-bond acceptors (Lipinski definition) is 2. The second kappa shape index (κ2) is 13.4. The van der Waals surface area contributed by atoms with E-state index in [1.807, 2.05) is 12.1 Å². The van der Waals surface area contributed by atoms with E-state index in [0.717, 1.165) is 50.1 Å². The molecule has 0 amide bonds. The summed E-state index contributed by atoms with van der Waals surface area (Å²) in [5.41, 5.74) is 14.5. The van der Waals surface area contributed by atoms with Crippen molar-refractivity contribution in [2.24, 2.45) is 0 Å². The summed E-state index contributed by atoms with van der Waals surface area (Å²) in [7, 11) is 0. The molecule has 0 aliphatic rings. The Morgan fingerprint density at radius 3 is 1.52 bits per heavy atom. The molecule has 0 fully saturated rings. The van der Waals surface area contributed by atoms with E-state index in [1.165, 1.54) is 44.2 Å². The van der Waals surface area contributed by atoms with Crippen LogP contribution in [0, 0.1) is 0 Å². The van der Waals surface area contributed by atoms with Gasteiger partial charge in [0.15, 0.2) is 0 Å². The van der Waals surface area contributed by atoms with Crippen molar-refractivity contribution in [2.45, 2.75) is 0 Å². The lowest BCUT2D eigenvalue weighted by Gasteiger charge is -2.26. The zero-order valence-corrected chi connectivity index (χ0v) is 29.6. The van der Waals surface area contributed by atoms with Crippen LogP contribution in [0.1, 0.15) is 0 Å². The molecule has 2 heteroatoms. The zero-order valence-electron chi connectivity index (χ0n) is 29.6. The predicted octanol–water partition coefficient (Wildman–Crippen LogP) is 14.9. The Labute approximate surface area is 314 Å². The summed E-state index contributed by atoms with van der Waals surface area (Å²) in [6.45, 7) is 0. The molecule has 0 N–H and O–H groups in total. The summed E-state index contributed by atoms with van der Waals surface area (Å²) in [4.78, 5) is 2.34. The molecule has 2 nitrogen and oxygen atoms in total. The van der Waals surface area contributed by atoms with E-state index in [4.69, 9.17) is 4.42 Å². The molecule has 0 unspecified atom stereocenters. The molecule has 0 saturated heterocycles. The van der Waals surface area contributed by atoms with Gasteiger partial charge in [0, 0.05) is 27.8 Å². The molecule has 0 atom stereocenters. The van der Waals surface area contributed by atoms with E-state index in [0.29, 0.717) is 0 Å². The van der Waals surface area contributed by atoms with Crippen molar-refractivity contribution in [3.63, 3.8) is 0 Å². The summed E-state index contributed by atoms with van der Waals surface area (Å²) < 4.78 is 6.22. The summed E-state index contributed by atoms with van der Waals surface area (Å²) in [6.07, 6.45) is 0. The second-order valence-electron chi connectivity index (χ2n) is 13.8. The van der Waals surface area contributed by atoms with E-state index in [1.54, 1.807) is 0 Å². The number of benzene rings is 9. The van der Waals surface area contributed by atoms with Crippen molar-refractivity contribution < 1.29 is 4.42 Å². The molecule has 0 aliphatic carbocycles. The minimum Gasteiger partial charge on any atom is -0.456 e. The molecule has 9 aromatic carbocycles. The minimum atomic E-state index is 0.903. The lowest BCUT2D eigenvalue weighted by molar-refractivity contribution is 0.669. The third-order valence-electron chi connectivity index (χ3n) is 10.5. The first-order chi connectivity index (χ1) is 26.7. The first-order valence-corrected chi connectivity index (χ1v) is 18.4. The van der Waals surface area contributed by atoms with Crippen molar-refractivity contribution in [3.8, 4) is 44.5 Å². The van der Waals surface area contributed by atoms with Gasteiger partial charge in [0.2, 0.25) is 0 Å². The molecule has 1 heterocycles. The van der Waals surface area contributed by atoms with Gasteiger partial charge in [-0.2, -0.15) is 0 Å². The predicted molar refractivity (Wildman–Crippen MR) is 228 cm³/mol. The molecule has 0 aliphatic heterocycles. The van der Waals surface area contributed by atoms with Gasteiger partial charge < -0.3 is 9.32 Å². The average Bonchev–Trinajstić information content (AvgIpc) is 3.63. The Bertz CT molecular complexity index is 2920. The number of fused-ring (bicyclic) bond motifs is 4. The SMILES string of the molecule is c1ccc(-c2cccc(N(c3ccc(-c4cccc(-c5ccc6ccccc6c5)c4)cc3)c3ccc(-c4ccc5c(c4)oc4ccccc45)cc3)c2)cc1. The molecular formula is C52H35NO. The quantitative estimate of drug-likeness (QED) is 0.166. The van der Waals surface area contributed by atoms with Crippen molar-refractivity contribution >= 4 is 49.8 Å². The van der Waals surface area contributed by atoms with Gasteiger partial charge in [0.1, 0.15) is 11.2 Å². The second-order valence-corrected chi connectivity index (χ2v) is 13.8. The molecule has 0 radical (unpaired) electrons. The van der Waals surface area contributed by atoms with Crippen LogP contribution in [0.4, 0.5) is 17.1 Å². The summed E-state index contributed by atoms with van der Waals surface area (Å²) in [6, 6.07) is 76.0. The first kappa shape index (κ1) is 31.6. The highest BCUT2D eigenvalue weighted by Crippen LogP contribution is 2.39. The van der Waals surface area contributed by atoms with Crippen molar-refractivity contribution in [2.75, 3.05) is 4.90 Å². The van der Waals surface area contributed by atoms with Gasteiger partial charge >= 0.3 is 0 Å². The van der Waals surface area contributed by atoms with Gasteiger partial charge in [-0.25, -0.2) is 0 Å². The maximum atomic E-state index is 6.22. The number of hydrogen-bond donors (Lipinski definition) is 0. The Hall–Kier alpha value is -7.16. The molecular weight excluding hydrogens is 655 g/mol. The molecule has 0 spiro atoms. The van der Waals surface area contributed by atoms with Gasteiger partial charge in [-0.15, -0.1) is 0 Å². The van der Waals surface area contributed by atoms with Crippen LogP contribution < -0.4 is 4.90 Å². The minimum absolute atomic E-state index is 0.903. The highest BCUT2D eigenvalue weighted by atomic mass is 16.3. The van der Waals surface area contributed by atoms with E-state index in [-0.39, 0.29) is 0 Å². The van der Waals surface area contributed by atoms with Gasteiger partial charge in [0.25, 0.3) is 0 Å². The number of para-hydroxylation sites is 1. The summed E-state index contributed by atoms with van der Waals surface area (Å²) in [5, 5.41) is 4.79. The van der Waals surface area contributed by atoms with Crippen LogP contribution >= 0.6 is 0 Å². The third kappa shape index (κ3) is 5.90. The smallest absolute Gasteiger partial charge is 0.136 e. The first-order valence-electron chi connectivity index (χ1n) is 18.4. The zero-order chi connectivity index (χ0) is 35.8. The van der Waals surface area contributed by atoms with Gasteiger partial charge in [-0.05, 0) is 122 Å². The fraction of sp³-hybridized carbons (Fsp3) is 0. The maximum absolute atomic E-state index is 6.22. The molecule has 10 rings (SSSR count). The summed E-state index contributed by atoms with van der Waals surface area (Å²) in [5.74, 6) is 0. The van der Waals surface area contributed by atoms with Crippen LogP contribution in [0.5, 0.6) is 0 Å². The van der Waals surface area contributed by atoms with Crippen LogP contribution in [-0.4, -0.2) is 0 Å². The van der Waals surface area contributed by atoms with Gasteiger partial charge in [-0.3, -0.25) is 0 Å². The van der Waals surface area contributed by atoms with Gasteiger partial charge in [-0.1, -0.05) is 146 Å². The van der Waals surface area contributed by atoms with Crippen LogP contribution in [0.25, 0.3) is 77.2 Å². The Balaban J connectivity index is 1.01. The molecule has 0 bridgehead atoms. The molecule has 0 saturated carbocycles.